The number of ether oxygens (including phenoxy) is 1. The van der Waals surface area contributed by atoms with E-state index in [0.29, 0.717) is 6.54 Å². The van der Waals surface area contributed by atoms with Crippen LogP contribution in [0.3, 0.4) is 0 Å². The molecular weight excluding hydrogens is 392 g/mol. The molecule has 26 heavy (non-hydrogen) atoms. The molecule has 0 aliphatic carbocycles. The summed E-state index contributed by atoms with van der Waals surface area (Å²) in [4.78, 5) is 0. The Morgan fingerprint density at radius 1 is 1.00 bits per heavy atom. The van der Waals surface area contributed by atoms with Gasteiger partial charge in [-0.1, -0.05) is 60.7 Å². The maximum Gasteiger partial charge on any atom is 0.108 e. The minimum atomic E-state index is -0.644. The third-order valence-corrected chi connectivity index (χ3v) is 5.48. The van der Waals surface area contributed by atoms with Gasteiger partial charge in [0.05, 0.1) is 29.4 Å². The molecule has 1 N–H and O–H groups in total. The van der Waals surface area contributed by atoms with Gasteiger partial charge in [-0.25, -0.2) is 0 Å². The average molecular weight is 415 g/mol. The van der Waals surface area contributed by atoms with Crippen LogP contribution in [-0.2, 0) is 11.3 Å². The van der Waals surface area contributed by atoms with Crippen LogP contribution in [0, 0.1) is 13.8 Å². The van der Waals surface area contributed by atoms with E-state index in [0.717, 1.165) is 27.0 Å². The Morgan fingerprint density at radius 2 is 1.54 bits per heavy atom. The largest absolute Gasteiger partial charge is 0.389 e. The molecule has 4 nitrogen and oxygen atoms in total. The summed E-state index contributed by atoms with van der Waals surface area (Å²) in [7, 11) is 0. The molecule has 0 unspecified atom stereocenters. The van der Waals surface area contributed by atoms with Crippen molar-refractivity contribution < 1.29 is 9.84 Å². The van der Waals surface area contributed by atoms with Crippen LogP contribution in [0.2, 0.25) is 0 Å². The van der Waals surface area contributed by atoms with E-state index in [1.165, 1.54) is 0 Å². The Bertz CT molecular complexity index is 794. The molecule has 0 aliphatic heterocycles. The first-order chi connectivity index (χ1) is 12.6. The van der Waals surface area contributed by atoms with Gasteiger partial charge in [-0.3, -0.25) is 4.68 Å². The zero-order valence-electron chi connectivity index (χ0n) is 15.0. The summed E-state index contributed by atoms with van der Waals surface area (Å²) in [5.74, 6) is 0. The zero-order chi connectivity index (χ0) is 18.5. The second-order valence-corrected chi connectivity index (χ2v) is 7.15. The molecule has 0 spiro atoms. The molecule has 0 saturated heterocycles. The van der Waals surface area contributed by atoms with E-state index in [9.17, 15) is 5.11 Å². The van der Waals surface area contributed by atoms with E-state index in [-0.39, 0.29) is 12.7 Å². The van der Waals surface area contributed by atoms with Crippen LogP contribution in [0.5, 0.6) is 0 Å². The van der Waals surface area contributed by atoms with Gasteiger partial charge < -0.3 is 9.84 Å². The molecular formula is C21H23BrN2O2. The Labute approximate surface area is 162 Å². The summed E-state index contributed by atoms with van der Waals surface area (Å²) in [6.07, 6.45) is -0.853. The summed E-state index contributed by atoms with van der Waals surface area (Å²) < 4.78 is 8.92. The molecule has 0 radical (unpaired) electrons. The summed E-state index contributed by atoms with van der Waals surface area (Å²) in [5.41, 5.74) is 4.06. The van der Waals surface area contributed by atoms with Crippen molar-refractivity contribution in [2.75, 3.05) is 6.61 Å². The number of aromatic nitrogens is 2. The average Bonchev–Trinajstić information content (AvgIpc) is 2.90. The van der Waals surface area contributed by atoms with Crippen molar-refractivity contribution in [3.05, 3.63) is 87.7 Å². The van der Waals surface area contributed by atoms with Crippen LogP contribution in [0.25, 0.3) is 0 Å². The number of hydrogen-bond donors (Lipinski definition) is 1. The number of benzene rings is 2. The topological polar surface area (TPSA) is 47.3 Å². The second kappa shape index (κ2) is 8.62. The highest BCUT2D eigenvalue weighted by Crippen LogP contribution is 2.26. The monoisotopic (exact) mass is 414 g/mol. The van der Waals surface area contributed by atoms with Crippen molar-refractivity contribution in [2.45, 2.75) is 32.6 Å². The fourth-order valence-electron chi connectivity index (χ4n) is 2.95. The number of halogens is 1. The lowest BCUT2D eigenvalue weighted by Gasteiger charge is -2.21. The van der Waals surface area contributed by atoms with Gasteiger partial charge in [0.1, 0.15) is 6.10 Å². The molecule has 2 aromatic carbocycles. The molecule has 1 heterocycles. The number of aliphatic hydroxyl groups excluding tert-OH is 1. The summed E-state index contributed by atoms with van der Waals surface area (Å²) >= 11 is 3.52. The minimum Gasteiger partial charge on any atom is -0.389 e. The molecule has 0 amide bonds. The van der Waals surface area contributed by atoms with Gasteiger partial charge in [0.2, 0.25) is 0 Å². The van der Waals surface area contributed by atoms with Gasteiger partial charge in [-0.05, 0) is 40.9 Å². The Kier molecular flexibility index (Phi) is 6.25. The first-order valence-corrected chi connectivity index (χ1v) is 9.44. The first-order valence-electron chi connectivity index (χ1n) is 8.65. The van der Waals surface area contributed by atoms with Crippen molar-refractivity contribution >= 4 is 15.9 Å². The molecule has 5 heteroatoms. The molecule has 0 saturated carbocycles. The van der Waals surface area contributed by atoms with Gasteiger partial charge >= 0.3 is 0 Å². The quantitative estimate of drug-likeness (QED) is 0.621. The van der Waals surface area contributed by atoms with Crippen LogP contribution in [0.4, 0.5) is 0 Å². The predicted octanol–water partition coefficient (Wildman–Crippen LogP) is 4.43. The highest BCUT2D eigenvalue weighted by atomic mass is 79.9. The van der Waals surface area contributed by atoms with Gasteiger partial charge in [-0.15, -0.1) is 0 Å². The maximum absolute atomic E-state index is 10.5. The molecule has 0 bridgehead atoms. The van der Waals surface area contributed by atoms with Gasteiger partial charge in [0, 0.05) is 5.69 Å². The lowest BCUT2D eigenvalue weighted by molar-refractivity contribution is -0.00215. The van der Waals surface area contributed by atoms with E-state index >= 15 is 0 Å². The van der Waals surface area contributed by atoms with Gasteiger partial charge in [0.15, 0.2) is 0 Å². The lowest BCUT2D eigenvalue weighted by Crippen LogP contribution is -2.24. The first kappa shape index (κ1) is 18.8. The van der Waals surface area contributed by atoms with Crippen LogP contribution in [0.1, 0.15) is 28.6 Å². The lowest BCUT2D eigenvalue weighted by atomic mass is 10.0. The highest BCUT2D eigenvalue weighted by Gasteiger charge is 2.18. The predicted molar refractivity (Wildman–Crippen MR) is 106 cm³/mol. The smallest absolute Gasteiger partial charge is 0.108 e. The molecule has 3 rings (SSSR count). The van der Waals surface area contributed by atoms with Crippen LogP contribution in [0.15, 0.2) is 65.1 Å². The van der Waals surface area contributed by atoms with Crippen molar-refractivity contribution in [3.63, 3.8) is 0 Å². The zero-order valence-corrected chi connectivity index (χ0v) is 16.6. The number of nitrogens with zero attached hydrogens (tertiary/aromatic N) is 2. The SMILES string of the molecule is Cc1nn(C[C@@H](O)COC(c2ccccc2)c2ccccc2)c(C)c1Br. The van der Waals surface area contributed by atoms with Crippen molar-refractivity contribution in [2.24, 2.45) is 0 Å². The van der Waals surface area contributed by atoms with E-state index in [4.69, 9.17) is 4.74 Å². The van der Waals surface area contributed by atoms with Crippen LogP contribution >= 0.6 is 15.9 Å². The molecule has 1 aromatic heterocycles. The standard InChI is InChI=1S/C21H23BrN2O2/c1-15-20(22)16(2)24(23-15)13-19(25)14-26-21(17-9-5-3-6-10-17)18-11-7-4-8-12-18/h3-12,19,21,25H,13-14H2,1-2H3/t19-/m1/s1. The van der Waals surface area contributed by atoms with E-state index in [1.54, 1.807) is 0 Å². The van der Waals surface area contributed by atoms with Crippen molar-refractivity contribution in [1.82, 2.24) is 9.78 Å². The molecule has 136 valence electrons. The molecule has 0 fully saturated rings. The van der Waals surface area contributed by atoms with E-state index < -0.39 is 6.10 Å². The maximum atomic E-state index is 10.5. The fraction of sp³-hybridized carbons (Fsp3) is 0.286. The second-order valence-electron chi connectivity index (χ2n) is 6.36. The van der Waals surface area contributed by atoms with E-state index in [2.05, 4.69) is 21.0 Å². The van der Waals surface area contributed by atoms with Gasteiger partial charge in [0.25, 0.3) is 0 Å². The highest BCUT2D eigenvalue weighted by molar-refractivity contribution is 9.10. The minimum absolute atomic E-state index is 0.209. The van der Waals surface area contributed by atoms with Gasteiger partial charge in [-0.2, -0.15) is 5.10 Å². The number of rotatable bonds is 7. The number of aliphatic hydroxyl groups is 1. The third kappa shape index (κ3) is 4.41. The number of hydrogen-bond acceptors (Lipinski definition) is 3. The Balaban J connectivity index is 1.70. The van der Waals surface area contributed by atoms with Crippen molar-refractivity contribution in [3.8, 4) is 0 Å². The summed E-state index contributed by atoms with van der Waals surface area (Å²) in [5, 5.41) is 14.9. The Morgan fingerprint density at radius 3 is 2.00 bits per heavy atom. The Hall–Kier alpha value is -1.95. The van der Waals surface area contributed by atoms with E-state index in [1.807, 2.05) is 79.2 Å². The summed E-state index contributed by atoms with van der Waals surface area (Å²) in [6.45, 7) is 4.55. The third-order valence-electron chi connectivity index (χ3n) is 4.34. The van der Waals surface area contributed by atoms with Crippen LogP contribution in [-0.4, -0.2) is 27.6 Å². The summed E-state index contributed by atoms with van der Waals surface area (Å²) in [6, 6.07) is 20.1. The molecule has 3 aromatic rings. The molecule has 1 atom stereocenters. The van der Waals surface area contributed by atoms with Crippen molar-refractivity contribution in [1.29, 1.82) is 0 Å². The molecule has 0 aliphatic rings. The number of aryl methyl sites for hydroxylation is 1. The fourth-order valence-corrected chi connectivity index (χ4v) is 3.24. The van der Waals surface area contributed by atoms with Crippen LogP contribution < -0.4 is 0 Å². The normalized spacial score (nSPS) is 12.5.